The Morgan fingerprint density at radius 1 is 1.03 bits per heavy atom. The molecule has 0 bridgehead atoms. The molecule has 3 aromatic rings. The lowest BCUT2D eigenvalue weighted by Gasteiger charge is -2.14. The number of sulfonamides is 1. The van der Waals surface area contributed by atoms with Gasteiger partial charge in [-0.1, -0.05) is 48.9 Å². The van der Waals surface area contributed by atoms with Crippen molar-refractivity contribution in [2.75, 3.05) is 12.4 Å². The second kappa shape index (κ2) is 9.96. The fourth-order valence-corrected chi connectivity index (χ4v) is 4.37. The Morgan fingerprint density at radius 2 is 1.74 bits per heavy atom. The van der Waals surface area contributed by atoms with Gasteiger partial charge < -0.3 is 10.1 Å². The second-order valence-electron chi connectivity index (χ2n) is 6.78. The van der Waals surface area contributed by atoms with Crippen molar-refractivity contribution in [2.24, 2.45) is 0 Å². The Kier molecular flexibility index (Phi) is 7.33. The van der Waals surface area contributed by atoms with Crippen LogP contribution in [0.3, 0.4) is 0 Å². The molecule has 0 radical (unpaired) electrons. The van der Waals surface area contributed by atoms with Crippen molar-refractivity contribution in [2.45, 2.75) is 24.8 Å². The van der Waals surface area contributed by atoms with E-state index >= 15 is 0 Å². The normalized spacial score (nSPS) is 11.2. The Balaban J connectivity index is 1.85. The van der Waals surface area contributed by atoms with Gasteiger partial charge >= 0.3 is 0 Å². The van der Waals surface area contributed by atoms with Crippen molar-refractivity contribution in [3.63, 3.8) is 0 Å². The third kappa shape index (κ3) is 5.64. The number of halogens is 1. The fraction of sp³-hybridized carbons (Fsp3) is 0.174. The molecule has 31 heavy (non-hydrogen) atoms. The lowest BCUT2D eigenvalue weighted by atomic mass is 10.1. The third-order valence-electron chi connectivity index (χ3n) is 4.74. The minimum absolute atomic E-state index is 0.0724. The number of para-hydroxylation sites is 1. The highest BCUT2D eigenvalue weighted by atomic mass is 35.5. The lowest BCUT2D eigenvalue weighted by molar-refractivity contribution is 0.102. The Hall–Kier alpha value is -2.87. The predicted molar refractivity (Wildman–Crippen MR) is 122 cm³/mol. The number of benzene rings is 3. The van der Waals surface area contributed by atoms with Gasteiger partial charge in [0.15, 0.2) is 0 Å². The zero-order chi connectivity index (χ0) is 22.4. The van der Waals surface area contributed by atoms with Gasteiger partial charge in [-0.25, -0.2) is 13.1 Å². The molecule has 0 saturated carbocycles. The van der Waals surface area contributed by atoms with Crippen molar-refractivity contribution in [1.82, 2.24) is 4.72 Å². The van der Waals surface area contributed by atoms with E-state index in [1.54, 1.807) is 24.3 Å². The summed E-state index contributed by atoms with van der Waals surface area (Å²) in [4.78, 5) is 12.7. The maximum atomic E-state index is 12.9. The van der Waals surface area contributed by atoms with Crippen LogP contribution in [-0.2, 0) is 23.0 Å². The predicted octanol–water partition coefficient (Wildman–Crippen LogP) is 4.64. The smallest absolute Gasteiger partial charge is 0.255 e. The summed E-state index contributed by atoms with van der Waals surface area (Å²) in [6, 6.07) is 18.6. The first-order valence-corrected chi connectivity index (χ1v) is 11.5. The monoisotopic (exact) mass is 458 g/mol. The van der Waals surface area contributed by atoms with E-state index in [9.17, 15) is 13.2 Å². The van der Waals surface area contributed by atoms with Crippen LogP contribution in [0.5, 0.6) is 5.75 Å². The molecular formula is C23H23ClN2O4S. The number of hydrogen-bond donors (Lipinski definition) is 2. The van der Waals surface area contributed by atoms with Crippen molar-refractivity contribution in [3.05, 3.63) is 88.4 Å². The first-order valence-electron chi connectivity index (χ1n) is 9.65. The molecule has 0 fully saturated rings. The third-order valence-corrected chi connectivity index (χ3v) is 6.42. The first kappa shape index (κ1) is 22.8. The minimum atomic E-state index is -3.94. The molecule has 0 aliphatic heterocycles. The largest absolute Gasteiger partial charge is 0.495 e. The molecule has 3 rings (SSSR count). The van der Waals surface area contributed by atoms with Crippen molar-refractivity contribution in [1.29, 1.82) is 0 Å². The van der Waals surface area contributed by atoms with Crippen molar-refractivity contribution >= 4 is 33.2 Å². The summed E-state index contributed by atoms with van der Waals surface area (Å²) in [7, 11) is -2.56. The average molecular weight is 459 g/mol. The van der Waals surface area contributed by atoms with Crippen molar-refractivity contribution in [3.8, 4) is 5.75 Å². The molecule has 0 saturated heterocycles. The highest BCUT2D eigenvalue weighted by Crippen LogP contribution is 2.26. The Bertz CT molecular complexity index is 1180. The van der Waals surface area contributed by atoms with Gasteiger partial charge in [0.2, 0.25) is 10.0 Å². The first-order chi connectivity index (χ1) is 14.8. The van der Waals surface area contributed by atoms with Crippen LogP contribution in [0.25, 0.3) is 0 Å². The number of rotatable bonds is 8. The van der Waals surface area contributed by atoms with Crippen molar-refractivity contribution < 1.29 is 17.9 Å². The topological polar surface area (TPSA) is 84.5 Å². The molecule has 8 heteroatoms. The number of carbonyl (C=O) groups excluding carboxylic acids is 1. The summed E-state index contributed by atoms with van der Waals surface area (Å²) < 4.78 is 33.6. The molecule has 1 amide bonds. The summed E-state index contributed by atoms with van der Waals surface area (Å²) in [5, 5.41) is 3.42. The summed E-state index contributed by atoms with van der Waals surface area (Å²) in [6.07, 6.45) is 0.757. The molecule has 3 aromatic carbocycles. The van der Waals surface area contributed by atoms with E-state index in [0.29, 0.717) is 10.7 Å². The van der Waals surface area contributed by atoms with Gasteiger partial charge in [-0.05, 0) is 53.9 Å². The SMILES string of the molecule is CCc1ccccc1NC(=O)c1ccc(OC)c(S(=O)(=O)NCc2ccc(Cl)cc2)c1. The average Bonchev–Trinajstić information content (AvgIpc) is 2.78. The van der Waals surface area contributed by atoms with Crippen LogP contribution in [0.4, 0.5) is 5.69 Å². The van der Waals surface area contributed by atoms with Crippen LogP contribution in [0, 0.1) is 0 Å². The maximum Gasteiger partial charge on any atom is 0.255 e. The lowest BCUT2D eigenvalue weighted by Crippen LogP contribution is -2.24. The van der Waals surface area contributed by atoms with E-state index in [1.165, 1.54) is 25.3 Å². The van der Waals surface area contributed by atoms with Crippen LogP contribution in [0.2, 0.25) is 5.02 Å². The zero-order valence-electron chi connectivity index (χ0n) is 17.2. The van der Waals surface area contributed by atoms with Gasteiger partial charge in [0.25, 0.3) is 5.91 Å². The Morgan fingerprint density at radius 3 is 2.42 bits per heavy atom. The van der Waals surface area contributed by atoms with Crippen LogP contribution >= 0.6 is 11.6 Å². The van der Waals surface area contributed by atoms with E-state index in [2.05, 4.69) is 10.0 Å². The number of amides is 1. The standard InChI is InChI=1S/C23H23ClN2O4S/c1-3-17-6-4-5-7-20(17)26-23(27)18-10-13-21(30-2)22(14-18)31(28,29)25-15-16-8-11-19(24)12-9-16/h4-14,25H,3,15H2,1-2H3,(H,26,27). The molecular weight excluding hydrogens is 436 g/mol. The van der Waals surface area contributed by atoms with E-state index in [0.717, 1.165) is 17.5 Å². The van der Waals surface area contributed by atoms with E-state index in [-0.39, 0.29) is 22.8 Å². The van der Waals surface area contributed by atoms with E-state index in [4.69, 9.17) is 16.3 Å². The highest BCUT2D eigenvalue weighted by Gasteiger charge is 2.22. The molecule has 6 nitrogen and oxygen atoms in total. The number of aryl methyl sites for hydroxylation is 1. The molecule has 0 aromatic heterocycles. The summed E-state index contributed by atoms with van der Waals surface area (Å²) >= 11 is 5.87. The number of methoxy groups -OCH3 is 1. The molecule has 0 atom stereocenters. The number of ether oxygens (including phenoxy) is 1. The fourth-order valence-electron chi connectivity index (χ4n) is 3.03. The van der Waals surface area contributed by atoms with E-state index in [1.807, 2.05) is 31.2 Å². The molecule has 0 spiro atoms. The van der Waals surface area contributed by atoms with Gasteiger partial charge in [0.05, 0.1) is 7.11 Å². The van der Waals surface area contributed by atoms with Gasteiger partial charge in [0, 0.05) is 22.8 Å². The number of anilines is 1. The molecule has 2 N–H and O–H groups in total. The van der Waals surface area contributed by atoms with Crippen LogP contribution in [-0.4, -0.2) is 21.4 Å². The summed E-state index contributed by atoms with van der Waals surface area (Å²) in [6.45, 7) is 2.07. The molecule has 0 aliphatic carbocycles. The highest BCUT2D eigenvalue weighted by molar-refractivity contribution is 7.89. The molecule has 0 aliphatic rings. The number of hydrogen-bond acceptors (Lipinski definition) is 4. The van der Waals surface area contributed by atoms with Crippen LogP contribution in [0.15, 0.2) is 71.6 Å². The molecule has 0 heterocycles. The Labute approximate surface area is 187 Å². The van der Waals surface area contributed by atoms with Gasteiger partial charge in [-0.15, -0.1) is 0 Å². The summed E-state index contributed by atoms with van der Waals surface area (Å²) in [5.41, 5.74) is 2.63. The van der Waals surface area contributed by atoms with Gasteiger partial charge in [-0.2, -0.15) is 0 Å². The number of carbonyl (C=O) groups is 1. The van der Waals surface area contributed by atoms with Gasteiger partial charge in [-0.3, -0.25) is 4.79 Å². The number of nitrogens with one attached hydrogen (secondary N) is 2. The quantitative estimate of drug-likeness (QED) is 0.515. The maximum absolute atomic E-state index is 12.9. The molecule has 162 valence electrons. The second-order valence-corrected chi connectivity index (χ2v) is 8.95. The van der Waals surface area contributed by atoms with E-state index < -0.39 is 15.9 Å². The molecule has 0 unspecified atom stereocenters. The van der Waals surface area contributed by atoms with Crippen LogP contribution < -0.4 is 14.8 Å². The summed E-state index contributed by atoms with van der Waals surface area (Å²) in [5.74, 6) is -0.258. The minimum Gasteiger partial charge on any atom is -0.495 e. The van der Waals surface area contributed by atoms with Crippen LogP contribution in [0.1, 0.15) is 28.4 Å². The van der Waals surface area contributed by atoms with Gasteiger partial charge in [0.1, 0.15) is 10.6 Å². The zero-order valence-corrected chi connectivity index (χ0v) is 18.8.